The first kappa shape index (κ1) is 31.1. The van der Waals surface area contributed by atoms with E-state index >= 15 is 0 Å². The van der Waals surface area contributed by atoms with Crippen LogP contribution < -0.4 is 9.47 Å². The molecule has 0 amide bonds. The van der Waals surface area contributed by atoms with Gasteiger partial charge in [-0.1, -0.05) is 12.8 Å². The van der Waals surface area contributed by atoms with Gasteiger partial charge < -0.3 is 19.5 Å². The normalized spacial score (nSPS) is 17.0. The number of rotatable bonds is 12. The Balaban J connectivity index is 0.00000387. The van der Waals surface area contributed by atoms with E-state index < -0.39 is 26.8 Å². The third kappa shape index (κ3) is 7.52. The van der Waals surface area contributed by atoms with Crippen molar-refractivity contribution in [1.82, 2.24) is 24.3 Å². The summed E-state index contributed by atoms with van der Waals surface area (Å²) in [7, 11) is -3.74. The molecule has 2 unspecified atom stereocenters. The Morgan fingerprint density at radius 3 is 2.61 bits per heavy atom. The lowest BCUT2D eigenvalue weighted by Crippen LogP contribution is -2.47. The number of aromatic nitrogens is 5. The van der Waals surface area contributed by atoms with E-state index in [1.54, 1.807) is 12.1 Å². The van der Waals surface area contributed by atoms with Gasteiger partial charge in [0.1, 0.15) is 48.7 Å². The Bertz CT molecular complexity index is 1520. The maximum absolute atomic E-state index is 11.9. The van der Waals surface area contributed by atoms with Crippen LogP contribution in [-0.2, 0) is 36.1 Å². The maximum Gasteiger partial charge on any atom is 0.264 e. The van der Waals surface area contributed by atoms with Crippen LogP contribution in [-0.4, -0.2) is 80.4 Å². The van der Waals surface area contributed by atoms with Crippen LogP contribution in [0.1, 0.15) is 45.0 Å². The van der Waals surface area contributed by atoms with Gasteiger partial charge in [-0.2, -0.15) is 13.5 Å². The first-order valence-corrected chi connectivity index (χ1v) is 16.5. The third-order valence-corrected chi connectivity index (χ3v) is 7.73. The van der Waals surface area contributed by atoms with E-state index in [2.05, 4.69) is 23.9 Å². The molecule has 1 aliphatic carbocycles. The number of fused-ring (bicyclic) bond motifs is 3. The van der Waals surface area contributed by atoms with Gasteiger partial charge in [0.2, 0.25) is 0 Å². The van der Waals surface area contributed by atoms with Crippen molar-refractivity contribution in [3.63, 3.8) is 0 Å². The molecule has 1 aliphatic heterocycles. The van der Waals surface area contributed by atoms with Crippen molar-refractivity contribution in [2.45, 2.75) is 58.2 Å². The molecule has 2 aromatic heterocycles. The Morgan fingerprint density at radius 2 is 1.95 bits per heavy atom. The van der Waals surface area contributed by atoms with Crippen molar-refractivity contribution in [2.75, 3.05) is 32.3 Å². The Hall–Kier alpha value is -2.85. The van der Waals surface area contributed by atoms with E-state index in [1.165, 1.54) is 6.26 Å². The second-order valence-corrected chi connectivity index (χ2v) is 13.4. The molecule has 0 spiro atoms. The lowest BCUT2D eigenvalue weighted by atomic mass is 9.98. The minimum Gasteiger partial charge on any atom is -0.491 e. The Morgan fingerprint density at radius 1 is 1.20 bits per heavy atom. The second kappa shape index (κ2) is 12.2. The topological polar surface area (TPSA) is 168 Å². The molecule has 0 bridgehead atoms. The fraction of sp³-hybridized carbons (Fsp3) is 0.577. The third-order valence-electron chi connectivity index (χ3n) is 6.73. The largest absolute Gasteiger partial charge is 0.491 e. The molecule has 3 aromatic rings. The van der Waals surface area contributed by atoms with Gasteiger partial charge in [-0.15, -0.1) is 0 Å². The number of aryl methyl sites for hydroxylation is 1. The van der Waals surface area contributed by atoms with E-state index in [0.29, 0.717) is 48.6 Å². The van der Waals surface area contributed by atoms with Gasteiger partial charge in [-0.3, -0.25) is 8.37 Å². The first-order valence-electron chi connectivity index (χ1n) is 13.2. The molecular formula is C26H37N5O8S2. The van der Waals surface area contributed by atoms with Gasteiger partial charge in [-0.25, -0.2) is 18.9 Å². The van der Waals surface area contributed by atoms with Crippen molar-refractivity contribution in [3.05, 3.63) is 30.2 Å². The van der Waals surface area contributed by atoms with Crippen LogP contribution in [0.2, 0.25) is 0 Å². The van der Waals surface area contributed by atoms with Crippen molar-refractivity contribution in [2.24, 2.45) is 5.92 Å². The fourth-order valence-corrected chi connectivity index (χ4v) is 5.57. The summed E-state index contributed by atoms with van der Waals surface area (Å²) in [5.41, 5.74) is 0.359. The van der Waals surface area contributed by atoms with Gasteiger partial charge in [-0.05, 0) is 45.2 Å². The summed E-state index contributed by atoms with van der Waals surface area (Å²) < 4.78 is 62.6. The summed E-state index contributed by atoms with van der Waals surface area (Å²) >= 11 is -1.57. The summed E-state index contributed by atoms with van der Waals surface area (Å²) in [4.78, 5) is 9.52. The average molecular weight is 612 g/mol. The molecule has 41 heavy (non-hydrogen) atoms. The Kier molecular flexibility index (Phi) is 9.23. The highest BCUT2D eigenvalue weighted by Gasteiger charge is 2.41. The van der Waals surface area contributed by atoms with Crippen molar-refractivity contribution in [3.8, 4) is 34.4 Å². The molecule has 13 nitrogen and oxygen atoms in total. The van der Waals surface area contributed by atoms with Gasteiger partial charge in [0, 0.05) is 24.6 Å². The summed E-state index contributed by atoms with van der Waals surface area (Å²) in [5, 5.41) is 4.52. The van der Waals surface area contributed by atoms with E-state index in [4.69, 9.17) is 22.8 Å². The van der Waals surface area contributed by atoms with Crippen molar-refractivity contribution in [1.29, 1.82) is 0 Å². The molecule has 1 aromatic carbocycles. The van der Waals surface area contributed by atoms with E-state index in [-0.39, 0.29) is 24.7 Å². The van der Waals surface area contributed by atoms with Crippen molar-refractivity contribution < 1.29 is 35.9 Å². The summed E-state index contributed by atoms with van der Waals surface area (Å²) in [6, 6.07) is 5.56. The summed E-state index contributed by atoms with van der Waals surface area (Å²) in [6.45, 7) is 6.61. The van der Waals surface area contributed by atoms with E-state index in [1.807, 2.05) is 28.4 Å². The van der Waals surface area contributed by atoms with Crippen LogP contribution in [0.3, 0.4) is 0 Å². The number of ether oxygens (including phenoxy) is 2. The molecule has 2 N–H and O–H groups in total. The molecule has 0 saturated heterocycles. The molecule has 2 atom stereocenters. The number of hydrogen-bond donors (Lipinski definition) is 0. The van der Waals surface area contributed by atoms with Gasteiger partial charge in [0.15, 0.2) is 22.5 Å². The van der Waals surface area contributed by atoms with E-state index in [0.717, 1.165) is 36.2 Å². The van der Waals surface area contributed by atoms with Crippen LogP contribution in [0.15, 0.2) is 24.4 Å². The highest BCUT2D eigenvalue weighted by Crippen LogP contribution is 2.41. The van der Waals surface area contributed by atoms with Crippen LogP contribution in [0.5, 0.6) is 11.5 Å². The Labute approximate surface area is 242 Å². The molecule has 3 heterocycles. The molecule has 2 aliphatic rings. The van der Waals surface area contributed by atoms with E-state index in [9.17, 15) is 12.6 Å². The zero-order valence-corrected chi connectivity index (χ0v) is 25.5. The number of nitrogens with zero attached hydrogens (tertiary/aromatic N) is 5. The molecule has 226 valence electrons. The zero-order chi connectivity index (χ0) is 28.7. The highest BCUT2D eigenvalue weighted by atomic mass is 32.2. The molecule has 1 fully saturated rings. The molecule has 5 rings (SSSR count). The fourth-order valence-electron chi connectivity index (χ4n) is 4.76. The molecular weight excluding hydrogens is 574 g/mol. The van der Waals surface area contributed by atoms with Crippen LogP contribution in [0.4, 0.5) is 0 Å². The average Bonchev–Trinajstić information content (AvgIpc) is 3.49. The first-order chi connectivity index (χ1) is 18.9. The monoisotopic (exact) mass is 611 g/mol. The number of hydrogen-bond acceptors (Lipinski definition) is 10. The minimum absolute atomic E-state index is 0. The predicted molar refractivity (Wildman–Crippen MR) is 152 cm³/mol. The number of benzene rings is 1. The minimum atomic E-state index is -3.74. The smallest absolute Gasteiger partial charge is 0.264 e. The maximum atomic E-state index is 11.9. The quantitative estimate of drug-likeness (QED) is 0.277. The number of imidazole rings is 1. The van der Waals surface area contributed by atoms with Crippen LogP contribution >= 0.6 is 0 Å². The SMILES string of the molecule is Cc1nc(-c2cn3c(n2)-c2ccc(OC(COS(C)=O)(COS(C)(=O)=O)CC4CC4)cc2OCC3)n(C(C)C)n1.O. The molecule has 1 saturated carbocycles. The van der Waals surface area contributed by atoms with Crippen LogP contribution in [0.25, 0.3) is 22.9 Å². The summed E-state index contributed by atoms with van der Waals surface area (Å²) in [6.07, 6.45) is 6.87. The predicted octanol–water partition coefficient (Wildman–Crippen LogP) is 2.47. The standard InChI is InChI=1S/C26H35N5O7S2.H2O/c1-17(2)31-25(27-18(3)29-31)22-14-30-10-11-35-23-12-20(8-9-21(23)24(30)28-22)38-26(13-19-6-7-19,15-36-39(4)32)16-37-40(5,33)34;/h8-9,12,14,17,19H,6-7,10-11,13,15-16H2,1-5H3;1H2. The van der Waals surface area contributed by atoms with Gasteiger partial charge in [0.05, 0.1) is 18.4 Å². The van der Waals surface area contributed by atoms with Gasteiger partial charge in [0.25, 0.3) is 10.1 Å². The lowest BCUT2D eigenvalue weighted by Gasteiger charge is -2.33. The van der Waals surface area contributed by atoms with Gasteiger partial charge >= 0.3 is 0 Å². The zero-order valence-electron chi connectivity index (χ0n) is 23.8. The van der Waals surface area contributed by atoms with Crippen molar-refractivity contribution >= 4 is 21.2 Å². The highest BCUT2D eigenvalue weighted by molar-refractivity contribution is 7.86. The molecule has 15 heteroatoms. The molecule has 0 radical (unpaired) electrons. The summed E-state index contributed by atoms with van der Waals surface area (Å²) in [5.74, 6) is 3.51. The lowest BCUT2D eigenvalue weighted by molar-refractivity contribution is -0.0233. The second-order valence-electron chi connectivity index (χ2n) is 10.7. The van der Waals surface area contributed by atoms with Crippen LogP contribution in [0, 0.1) is 12.8 Å².